The summed E-state index contributed by atoms with van der Waals surface area (Å²) in [7, 11) is 0. The van der Waals surface area contributed by atoms with Crippen molar-refractivity contribution in [2.75, 3.05) is 5.32 Å². The standard InChI is InChI=1S/C20H20N2O/c1-12-6-2-3-7-13(12)18-15-9-4-8-14(15)16-10-5-11-17(20(21)23)19(16)22-18/h2-8,10-11,14-15,18,22H,9H2,1H3,(H2,21,23). The van der Waals surface area contributed by atoms with E-state index >= 15 is 0 Å². The maximum Gasteiger partial charge on any atom is 0.250 e. The first-order chi connectivity index (χ1) is 11.2. The van der Waals surface area contributed by atoms with Crippen LogP contribution < -0.4 is 11.1 Å². The van der Waals surface area contributed by atoms with Crippen molar-refractivity contribution in [1.82, 2.24) is 0 Å². The third-order valence-corrected chi connectivity index (χ3v) is 5.19. The predicted octanol–water partition coefficient (Wildman–Crippen LogP) is 3.92. The highest BCUT2D eigenvalue weighted by atomic mass is 16.1. The smallest absolute Gasteiger partial charge is 0.250 e. The zero-order chi connectivity index (χ0) is 16.0. The normalized spacial score (nSPS) is 24.7. The van der Waals surface area contributed by atoms with Crippen LogP contribution in [-0.2, 0) is 0 Å². The van der Waals surface area contributed by atoms with Gasteiger partial charge in [0.15, 0.2) is 0 Å². The Balaban J connectivity index is 1.87. The second-order valence-corrected chi connectivity index (χ2v) is 6.47. The van der Waals surface area contributed by atoms with Crippen LogP contribution in [0.3, 0.4) is 0 Å². The molecule has 2 aromatic rings. The van der Waals surface area contributed by atoms with Crippen LogP contribution in [0.25, 0.3) is 0 Å². The molecule has 2 aromatic carbocycles. The number of primary amides is 1. The van der Waals surface area contributed by atoms with Crippen molar-refractivity contribution in [3.8, 4) is 0 Å². The number of para-hydroxylation sites is 1. The minimum absolute atomic E-state index is 0.198. The second-order valence-electron chi connectivity index (χ2n) is 6.47. The summed E-state index contributed by atoms with van der Waals surface area (Å²) in [4.78, 5) is 11.8. The molecular weight excluding hydrogens is 284 g/mol. The third-order valence-electron chi connectivity index (χ3n) is 5.19. The lowest BCUT2D eigenvalue weighted by molar-refractivity contribution is 0.100. The Morgan fingerprint density at radius 3 is 2.70 bits per heavy atom. The van der Waals surface area contributed by atoms with Gasteiger partial charge in [-0.15, -0.1) is 0 Å². The van der Waals surface area contributed by atoms with E-state index in [4.69, 9.17) is 5.73 Å². The first-order valence-corrected chi connectivity index (χ1v) is 8.08. The average molecular weight is 304 g/mol. The summed E-state index contributed by atoms with van der Waals surface area (Å²) in [5.74, 6) is 0.445. The number of anilines is 1. The molecule has 3 nitrogen and oxygen atoms in total. The molecule has 0 saturated heterocycles. The summed E-state index contributed by atoms with van der Waals surface area (Å²) in [5.41, 5.74) is 10.8. The van der Waals surface area contributed by atoms with Gasteiger partial charge in [-0.1, -0.05) is 48.6 Å². The molecule has 0 bridgehead atoms. The van der Waals surface area contributed by atoms with Gasteiger partial charge in [-0.3, -0.25) is 4.79 Å². The Morgan fingerprint density at radius 2 is 1.91 bits per heavy atom. The fourth-order valence-electron chi connectivity index (χ4n) is 4.07. The number of aryl methyl sites for hydroxylation is 1. The average Bonchev–Trinajstić information content (AvgIpc) is 3.04. The quantitative estimate of drug-likeness (QED) is 0.826. The molecule has 0 spiro atoms. The Bertz CT molecular complexity index is 809. The lowest BCUT2D eigenvalue weighted by Crippen LogP contribution is -2.31. The van der Waals surface area contributed by atoms with E-state index in [0.29, 0.717) is 17.4 Å². The molecular formula is C20H20N2O. The van der Waals surface area contributed by atoms with Gasteiger partial charge in [0.05, 0.1) is 17.3 Å². The highest BCUT2D eigenvalue weighted by Crippen LogP contribution is 2.50. The number of carbonyl (C=O) groups is 1. The van der Waals surface area contributed by atoms with Crippen LogP contribution in [-0.4, -0.2) is 5.91 Å². The number of nitrogens with one attached hydrogen (secondary N) is 1. The van der Waals surface area contributed by atoms with Gasteiger partial charge >= 0.3 is 0 Å². The van der Waals surface area contributed by atoms with Crippen LogP contribution in [0.1, 0.15) is 45.4 Å². The summed E-state index contributed by atoms with van der Waals surface area (Å²) in [6.45, 7) is 2.14. The molecule has 3 atom stereocenters. The Labute approximate surface area is 136 Å². The molecule has 1 heterocycles. The van der Waals surface area contributed by atoms with Gasteiger partial charge in [-0.25, -0.2) is 0 Å². The summed E-state index contributed by atoms with van der Waals surface area (Å²) in [6, 6.07) is 14.5. The molecule has 0 radical (unpaired) electrons. The molecule has 23 heavy (non-hydrogen) atoms. The number of benzene rings is 2. The highest BCUT2D eigenvalue weighted by molar-refractivity contribution is 5.99. The largest absolute Gasteiger partial charge is 0.377 e. The van der Waals surface area contributed by atoms with E-state index in [1.807, 2.05) is 12.1 Å². The fourth-order valence-corrected chi connectivity index (χ4v) is 4.07. The van der Waals surface area contributed by atoms with Crippen LogP contribution >= 0.6 is 0 Å². The molecule has 3 unspecified atom stereocenters. The number of hydrogen-bond acceptors (Lipinski definition) is 2. The lowest BCUT2D eigenvalue weighted by Gasteiger charge is -2.38. The Kier molecular flexibility index (Phi) is 3.22. The zero-order valence-corrected chi connectivity index (χ0v) is 13.1. The van der Waals surface area contributed by atoms with Crippen LogP contribution in [0, 0.1) is 12.8 Å². The predicted molar refractivity (Wildman–Crippen MR) is 92.5 cm³/mol. The maximum atomic E-state index is 11.8. The number of allylic oxidation sites excluding steroid dienone is 2. The van der Waals surface area contributed by atoms with Gasteiger partial charge in [0, 0.05) is 5.92 Å². The SMILES string of the molecule is Cc1ccccc1C1Nc2c(C(N)=O)cccc2C2C=CCC21. The summed E-state index contributed by atoms with van der Waals surface area (Å²) < 4.78 is 0. The van der Waals surface area contributed by atoms with E-state index in [1.54, 1.807) is 0 Å². The number of fused-ring (bicyclic) bond motifs is 3. The van der Waals surface area contributed by atoms with Crippen molar-refractivity contribution >= 4 is 11.6 Å². The van der Waals surface area contributed by atoms with E-state index in [2.05, 4.69) is 54.7 Å². The molecule has 0 saturated carbocycles. The summed E-state index contributed by atoms with van der Waals surface area (Å²) in [5, 5.41) is 3.63. The number of hydrogen-bond donors (Lipinski definition) is 2. The molecule has 3 heteroatoms. The van der Waals surface area contributed by atoms with Crippen molar-refractivity contribution in [3.63, 3.8) is 0 Å². The van der Waals surface area contributed by atoms with Gasteiger partial charge in [0.25, 0.3) is 5.91 Å². The number of nitrogens with two attached hydrogens (primary N) is 1. The Hall–Kier alpha value is -2.55. The zero-order valence-electron chi connectivity index (χ0n) is 13.1. The van der Waals surface area contributed by atoms with E-state index < -0.39 is 0 Å². The fraction of sp³-hybridized carbons (Fsp3) is 0.250. The monoisotopic (exact) mass is 304 g/mol. The van der Waals surface area contributed by atoms with Gasteiger partial charge < -0.3 is 11.1 Å². The molecule has 0 aromatic heterocycles. The molecule has 1 aliphatic heterocycles. The van der Waals surface area contributed by atoms with E-state index in [1.165, 1.54) is 16.7 Å². The lowest BCUT2D eigenvalue weighted by atomic mass is 9.75. The van der Waals surface area contributed by atoms with Crippen molar-refractivity contribution in [1.29, 1.82) is 0 Å². The van der Waals surface area contributed by atoms with Crippen molar-refractivity contribution < 1.29 is 4.79 Å². The minimum Gasteiger partial charge on any atom is -0.377 e. The molecule has 0 fully saturated rings. The van der Waals surface area contributed by atoms with Crippen molar-refractivity contribution in [2.24, 2.45) is 11.7 Å². The summed E-state index contributed by atoms with van der Waals surface area (Å²) >= 11 is 0. The first kappa shape index (κ1) is 14.1. The van der Waals surface area contributed by atoms with Gasteiger partial charge in [-0.2, -0.15) is 0 Å². The van der Waals surface area contributed by atoms with Crippen LogP contribution in [0.5, 0.6) is 0 Å². The topological polar surface area (TPSA) is 55.1 Å². The first-order valence-electron chi connectivity index (χ1n) is 8.08. The number of carbonyl (C=O) groups excluding carboxylic acids is 1. The number of rotatable bonds is 2. The third kappa shape index (κ3) is 2.15. The molecule has 1 amide bonds. The van der Waals surface area contributed by atoms with Crippen LogP contribution in [0.2, 0.25) is 0 Å². The molecule has 116 valence electrons. The highest BCUT2D eigenvalue weighted by Gasteiger charge is 2.39. The number of amides is 1. The van der Waals surface area contributed by atoms with Crippen molar-refractivity contribution in [3.05, 3.63) is 76.9 Å². The maximum absolute atomic E-state index is 11.8. The minimum atomic E-state index is -0.377. The van der Waals surface area contributed by atoms with Gasteiger partial charge in [0.1, 0.15) is 0 Å². The van der Waals surface area contributed by atoms with Gasteiger partial charge in [-0.05, 0) is 42.0 Å². The van der Waals surface area contributed by atoms with Crippen LogP contribution in [0.15, 0.2) is 54.6 Å². The Morgan fingerprint density at radius 1 is 1.13 bits per heavy atom. The van der Waals surface area contributed by atoms with E-state index in [-0.39, 0.29) is 11.9 Å². The van der Waals surface area contributed by atoms with Crippen molar-refractivity contribution in [2.45, 2.75) is 25.3 Å². The summed E-state index contributed by atoms with van der Waals surface area (Å²) in [6.07, 6.45) is 5.59. The van der Waals surface area contributed by atoms with Gasteiger partial charge in [0.2, 0.25) is 0 Å². The van der Waals surface area contributed by atoms with Crippen LogP contribution in [0.4, 0.5) is 5.69 Å². The molecule has 4 rings (SSSR count). The van der Waals surface area contributed by atoms with E-state index in [0.717, 1.165) is 12.1 Å². The molecule has 1 aliphatic carbocycles. The molecule has 3 N–H and O–H groups in total. The molecule has 2 aliphatic rings. The van der Waals surface area contributed by atoms with E-state index in [9.17, 15) is 4.79 Å². The second kappa shape index (κ2) is 5.27.